The maximum atomic E-state index is 13.7. The summed E-state index contributed by atoms with van der Waals surface area (Å²) < 4.78 is 19.5. The van der Waals surface area contributed by atoms with Gasteiger partial charge in [0.1, 0.15) is 11.6 Å². The van der Waals surface area contributed by atoms with Gasteiger partial charge in [-0.25, -0.2) is 4.39 Å². The van der Waals surface area contributed by atoms with Gasteiger partial charge in [0.2, 0.25) is 0 Å². The zero-order valence-electron chi connectivity index (χ0n) is 15.8. The van der Waals surface area contributed by atoms with Crippen molar-refractivity contribution in [2.75, 3.05) is 12.3 Å². The number of para-hydroxylation sites is 1. The van der Waals surface area contributed by atoms with Gasteiger partial charge in [-0.1, -0.05) is 49.7 Å². The number of hydrogen-bond acceptors (Lipinski definition) is 3. The van der Waals surface area contributed by atoms with Crippen molar-refractivity contribution >= 4 is 29.3 Å². The van der Waals surface area contributed by atoms with Crippen LogP contribution in [0.3, 0.4) is 0 Å². The Morgan fingerprint density at radius 1 is 1.19 bits per heavy atom. The van der Waals surface area contributed by atoms with Crippen molar-refractivity contribution < 1.29 is 13.9 Å². The highest BCUT2D eigenvalue weighted by Gasteiger charge is 2.16. The molecule has 0 aliphatic carbocycles. The molecule has 2 aromatic carbocycles. The molecule has 0 fully saturated rings. The molecule has 0 spiro atoms. The minimum Gasteiger partial charge on any atom is -0.481 e. The van der Waals surface area contributed by atoms with Gasteiger partial charge >= 0.3 is 0 Å². The first kappa shape index (κ1) is 21.6. The molecule has 2 aromatic rings. The lowest BCUT2D eigenvalue weighted by Crippen LogP contribution is -2.37. The highest BCUT2D eigenvalue weighted by molar-refractivity contribution is 7.98. The molecule has 3 nitrogen and oxygen atoms in total. The van der Waals surface area contributed by atoms with Crippen LogP contribution in [0.5, 0.6) is 5.75 Å². The predicted molar refractivity (Wildman–Crippen MR) is 111 cm³/mol. The molecule has 0 unspecified atom stereocenters. The maximum absolute atomic E-state index is 13.7. The van der Waals surface area contributed by atoms with Crippen LogP contribution in [-0.4, -0.2) is 24.3 Å². The normalized spacial score (nSPS) is 12.1. The third kappa shape index (κ3) is 6.43. The first-order valence-electron chi connectivity index (χ1n) is 8.94. The van der Waals surface area contributed by atoms with E-state index in [1.807, 2.05) is 24.3 Å². The summed E-state index contributed by atoms with van der Waals surface area (Å²) in [5, 5.41) is 3.28. The quantitative estimate of drug-likeness (QED) is 0.562. The van der Waals surface area contributed by atoms with E-state index in [1.54, 1.807) is 19.1 Å². The predicted octanol–water partition coefficient (Wildman–Crippen LogP) is 5.42. The minimum atomic E-state index is -0.587. The fourth-order valence-electron chi connectivity index (χ4n) is 2.54. The van der Waals surface area contributed by atoms with Gasteiger partial charge in [0.15, 0.2) is 6.10 Å². The summed E-state index contributed by atoms with van der Waals surface area (Å²) in [6, 6.07) is 12.4. The molecule has 0 heterocycles. The van der Waals surface area contributed by atoms with Gasteiger partial charge in [-0.05, 0) is 36.6 Å². The number of amides is 1. The van der Waals surface area contributed by atoms with Crippen molar-refractivity contribution in [2.45, 2.75) is 38.5 Å². The Bertz CT molecular complexity index is 749. The number of carbonyl (C=O) groups is 1. The number of benzene rings is 2. The number of halogens is 2. The van der Waals surface area contributed by atoms with Crippen molar-refractivity contribution in [1.82, 2.24) is 5.32 Å². The van der Waals surface area contributed by atoms with Gasteiger partial charge in [-0.15, -0.1) is 0 Å². The fourth-order valence-corrected chi connectivity index (χ4v) is 3.74. The Kier molecular flexibility index (Phi) is 8.45. The Labute approximate surface area is 169 Å². The molecule has 6 heteroatoms. The molecule has 1 N–H and O–H groups in total. The summed E-state index contributed by atoms with van der Waals surface area (Å²) in [5.41, 5.74) is 1.58. The van der Waals surface area contributed by atoms with E-state index in [4.69, 9.17) is 16.3 Å². The highest BCUT2D eigenvalue weighted by atomic mass is 35.5. The van der Waals surface area contributed by atoms with E-state index in [-0.39, 0.29) is 11.7 Å². The fraction of sp³-hybridized carbons (Fsp3) is 0.381. The van der Waals surface area contributed by atoms with Gasteiger partial charge in [0, 0.05) is 28.6 Å². The van der Waals surface area contributed by atoms with Crippen LogP contribution in [0.1, 0.15) is 37.8 Å². The first-order chi connectivity index (χ1) is 12.9. The van der Waals surface area contributed by atoms with Gasteiger partial charge in [-0.2, -0.15) is 11.8 Å². The van der Waals surface area contributed by atoms with Crippen LogP contribution < -0.4 is 10.1 Å². The van der Waals surface area contributed by atoms with Crippen molar-refractivity contribution in [3.8, 4) is 5.75 Å². The van der Waals surface area contributed by atoms with Crippen LogP contribution in [0.2, 0.25) is 5.02 Å². The Hall–Kier alpha value is -1.72. The van der Waals surface area contributed by atoms with Gasteiger partial charge in [-0.3, -0.25) is 4.79 Å². The molecule has 0 aromatic heterocycles. The summed E-state index contributed by atoms with van der Waals surface area (Å²) in [7, 11) is 0. The zero-order valence-corrected chi connectivity index (χ0v) is 17.4. The lowest BCUT2D eigenvalue weighted by molar-refractivity contribution is -0.127. The van der Waals surface area contributed by atoms with E-state index < -0.39 is 6.10 Å². The first-order valence-corrected chi connectivity index (χ1v) is 10.5. The highest BCUT2D eigenvalue weighted by Crippen LogP contribution is 2.27. The Balaban J connectivity index is 1.76. The molecule has 0 radical (unpaired) electrons. The second-order valence-electron chi connectivity index (χ2n) is 6.50. The number of carbonyl (C=O) groups excluding carboxylic acids is 1. The Morgan fingerprint density at radius 2 is 1.93 bits per heavy atom. The van der Waals surface area contributed by atoms with E-state index in [0.29, 0.717) is 34.6 Å². The van der Waals surface area contributed by atoms with E-state index in [2.05, 4.69) is 19.2 Å². The van der Waals surface area contributed by atoms with Crippen LogP contribution >= 0.6 is 23.4 Å². The van der Waals surface area contributed by atoms with Gasteiger partial charge in [0.05, 0.1) is 0 Å². The average molecular weight is 410 g/mol. The van der Waals surface area contributed by atoms with Crippen molar-refractivity contribution in [1.29, 1.82) is 0 Å². The molecular weight excluding hydrogens is 385 g/mol. The zero-order chi connectivity index (χ0) is 19.8. The second kappa shape index (κ2) is 10.6. The SMILES string of the molecule is CC(C)c1ccccc1O[C@H](C)C(=O)NCCSCc1c(F)cccc1Cl. The largest absolute Gasteiger partial charge is 0.481 e. The van der Waals surface area contributed by atoms with Crippen molar-refractivity contribution in [2.24, 2.45) is 0 Å². The second-order valence-corrected chi connectivity index (χ2v) is 8.01. The van der Waals surface area contributed by atoms with E-state index in [9.17, 15) is 9.18 Å². The summed E-state index contributed by atoms with van der Waals surface area (Å²) >= 11 is 7.53. The molecule has 0 bridgehead atoms. The minimum absolute atomic E-state index is 0.168. The van der Waals surface area contributed by atoms with E-state index in [0.717, 1.165) is 11.3 Å². The molecule has 146 valence electrons. The average Bonchev–Trinajstić information content (AvgIpc) is 2.63. The van der Waals surface area contributed by atoms with Crippen LogP contribution in [0.25, 0.3) is 0 Å². The molecule has 0 aliphatic heterocycles. The summed E-state index contributed by atoms with van der Waals surface area (Å²) in [4.78, 5) is 12.2. The van der Waals surface area contributed by atoms with Gasteiger partial charge < -0.3 is 10.1 Å². The molecule has 1 amide bonds. The molecule has 2 rings (SSSR count). The number of ether oxygens (including phenoxy) is 1. The smallest absolute Gasteiger partial charge is 0.260 e. The van der Waals surface area contributed by atoms with Crippen LogP contribution in [0, 0.1) is 5.82 Å². The number of hydrogen-bond donors (Lipinski definition) is 1. The van der Waals surface area contributed by atoms with E-state index >= 15 is 0 Å². The standard InChI is InChI=1S/C21H25ClFNO2S/c1-14(2)16-7-4-5-10-20(16)26-15(3)21(25)24-11-12-27-13-17-18(22)8-6-9-19(17)23/h4-10,14-15H,11-13H2,1-3H3,(H,24,25)/t15-/m1/s1. The van der Waals surface area contributed by atoms with Crippen molar-refractivity contribution in [3.63, 3.8) is 0 Å². The number of rotatable bonds is 9. The van der Waals surface area contributed by atoms with Crippen molar-refractivity contribution in [3.05, 3.63) is 64.4 Å². The molecule has 0 saturated heterocycles. The molecular formula is C21H25ClFNO2S. The molecule has 27 heavy (non-hydrogen) atoms. The Morgan fingerprint density at radius 3 is 2.63 bits per heavy atom. The van der Waals surface area contributed by atoms with Crippen LogP contribution in [-0.2, 0) is 10.5 Å². The van der Waals surface area contributed by atoms with E-state index in [1.165, 1.54) is 17.8 Å². The summed E-state index contributed by atoms with van der Waals surface area (Å²) in [6.45, 7) is 6.39. The lowest BCUT2D eigenvalue weighted by Gasteiger charge is -2.18. The molecule has 0 saturated carbocycles. The van der Waals surface area contributed by atoms with Gasteiger partial charge in [0.25, 0.3) is 5.91 Å². The lowest BCUT2D eigenvalue weighted by atomic mass is 10.0. The number of nitrogens with one attached hydrogen (secondary N) is 1. The third-order valence-corrected chi connectivity index (χ3v) is 5.41. The molecule has 0 aliphatic rings. The van der Waals surface area contributed by atoms with Crippen LogP contribution in [0.15, 0.2) is 42.5 Å². The number of thioether (sulfide) groups is 1. The molecule has 1 atom stereocenters. The maximum Gasteiger partial charge on any atom is 0.260 e. The summed E-state index contributed by atoms with van der Waals surface area (Å²) in [5.74, 6) is 1.71. The summed E-state index contributed by atoms with van der Waals surface area (Å²) in [6.07, 6.45) is -0.587. The van der Waals surface area contributed by atoms with Crippen LogP contribution in [0.4, 0.5) is 4.39 Å². The monoisotopic (exact) mass is 409 g/mol. The topological polar surface area (TPSA) is 38.3 Å². The third-order valence-electron chi connectivity index (χ3n) is 4.07.